The molecule has 0 radical (unpaired) electrons. The van der Waals surface area contributed by atoms with Gasteiger partial charge in [-0.2, -0.15) is 4.98 Å². The third-order valence-corrected chi connectivity index (χ3v) is 4.17. The Balaban J connectivity index is 1.65. The maximum absolute atomic E-state index is 12.9. The predicted octanol–water partition coefficient (Wildman–Crippen LogP) is 0.380. The Morgan fingerprint density at radius 2 is 2.16 bits per heavy atom. The van der Waals surface area contributed by atoms with Crippen molar-refractivity contribution in [1.29, 1.82) is 0 Å². The largest absolute Gasteiger partial charge is 0.377 e. The Kier molecular flexibility index (Phi) is 3.98. The first-order chi connectivity index (χ1) is 12.2. The summed E-state index contributed by atoms with van der Waals surface area (Å²) in [6.07, 6.45) is 2.44. The number of nitrogens with zero attached hydrogens (tertiary/aromatic N) is 5. The van der Waals surface area contributed by atoms with E-state index in [1.165, 1.54) is 17.2 Å². The molecule has 0 N–H and O–H groups in total. The van der Waals surface area contributed by atoms with Crippen LogP contribution in [0.1, 0.15) is 11.9 Å². The molecule has 25 heavy (non-hydrogen) atoms. The van der Waals surface area contributed by atoms with Crippen LogP contribution in [-0.2, 0) is 16.1 Å². The van der Waals surface area contributed by atoms with Crippen molar-refractivity contribution in [3.05, 3.63) is 53.0 Å². The van der Waals surface area contributed by atoms with Gasteiger partial charge in [0.2, 0.25) is 12.3 Å². The van der Waals surface area contributed by atoms with Gasteiger partial charge in [-0.15, -0.1) is 0 Å². The maximum atomic E-state index is 12.9. The predicted molar refractivity (Wildman–Crippen MR) is 85.6 cm³/mol. The highest BCUT2D eigenvalue weighted by Crippen LogP contribution is 2.21. The first-order valence-electron chi connectivity index (χ1n) is 7.82. The normalized spacial score (nSPS) is 17.8. The third kappa shape index (κ3) is 2.89. The SMILES string of the molecule is O=C(Cn1c(=O)cnc2ccccc21)N1CCOCC1c1ncon1. The molecular formula is C16H15N5O4. The second-order valence-electron chi connectivity index (χ2n) is 5.64. The lowest BCUT2D eigenvalue weighted by molar-refractivity contribution is -0.141. The fourth-order valence-corrected chi connectivity index (χ4v) is 2.95. The van der Waals surface area contributed by atoms with Crippen LogP contribution in [0.5, 0.6) is 0 Å². The molecule has 1 amide bonds. The Labute approximate surface area is 141 Å². The van der Waals surface area contributed by atoms with Crippen LogP contribution in [0.3, 0.4) is 0 Å². The summed E-state index contributed by atoms with van der Waals surface area (Å²) in [7, 11) is 0. The van der Waals surface area contributed by atoms with E-state index < -0.39 is 6.04 Å². The van der Waals surface area contributed by atoms with Gasteiger partial charge in [0, 0.05) is 6.54 Å². The molecule has 1 aliphatic heterocycles. The molecule has 1 atom stereocenters. The molecule has 1 aromatic carbocycles. The van der Waals surface area contributed by atoms with Crippen molar-refractivity contribution in [2.75, 3.05) is 19.8 Å². The van der Waals surface area contributed by atoms with Crippen LogP contribution in [0.15, 0.2) is 46.2 Å². The highest BCUT2D eigenvalue weighted by Gasteiger charge is 2.31. The maximum Gasteiger partial charge on any atom is 0.269 e. The van der Waals surface area contributed by atoms with Crippen LogP contribution in [0, 0.1) is 0 Å². The summed E-state index contributed by atoms with van der Waals surface area (Å²) in [5.74, 6) is 0.177. The fourth-order valence-electron chi connectivity index (χ4n) is 2.95. The molecule has 1 aliphatic rings. The zero-order valence-electron chi connectivity index (χ0n) is 13.2. The number of morpholine rings is 1. The first-order valence-corrected chi connectivity index (χ1v) is 7.82. The number of hydrogen-bond acceptors (Lipinski definition) is 7. The Morgan fingerprint density at radius 3 is 3.00 bits per heavy atom. The molecular weight excluding hydrogens is 326 g/mol. The molecule has 0 saturated carbocycles. The molecule has 2 aromatic heterocycles. The number of rotatable bonds is 3. The van der Waals surface area contributed by atoms with Crippen molar-refractivity contribution in [2.45, 2.75) is 12.6 Å². The smallest absolute Gasteiger partial charge is 0.269 e. The van der Waals surface area contributed by atoms with Crippen LogP contribution in [0.2, 0.25) is 0 Å². The Morgan fingerprint density at radius 1 is 1.28 bits per heavy atom. The minimum atomic E-state index is -0.427. The number of ether oxygens (including phenoxy) is 1. The quantitative estimate of drug-likeness (QED) is 0.678. The molecule has 1 saturated heterocycles. The van der Waals surface area contributed by atoms with Gasteiger partial charge in [0.1, 0.15) is 12.6 Å². The van der Waals surface area contributed by atoms with Gasteiger partial charge in [0.05, 0.1) is 30.4 Å². The molecule has 128 valence electrons. The van der Waals surface area contributed by atoms with Gasteiger partial charge in [0.15, 0.2) is 5.82 Å². The van der Waals surface area contributed by atoms with E-state index in [1.54, 1.807) is 23.1 Å². The molecule has 4 rings (SSSR count). The number of aromatic nitrogens is 4. The molecule has 0 bridgehead atoms. The second kappa shape index (κ2) is 6.44. The van der Waals surface area contributed by atoms with Gasteiger partial charge in [-0.1, -0.05) is 17.3 Å². The van der Waals surface area contributed by atoms with Crippen LogP contribution in [0.25, 0.3) is 11.0 Å². The molecule has 3 aromatic rings. The number of hydrogen-bond donors (Lipinski definition) is 0. The number of benzene rings is 1. The lowest BCUT2D eigenvalue weighted by Gasteiger charge is -2.33. The van der Waals surface area contributed by atoms with Gasteiger partial charge >= 0.3 is 0 Å². The minimum absolute atomic E-state index is 0.0871. The summed E-state index contributed by atoms with van der Waals surface area (Å²) >= 11 is 0. The van der Waals surface area contributed by atoms with Gasteiger partial charge in [-0.3, -0.25) is 14.2 Å². The van der Waals surface area contributed by atoms with E-state index in [0.717, 1.165) is 0 Å². The van der Waals surface area contributed by atoms with Crippen molar-refractivity contribution in [3.63, 3.8) is 0 Å². The summed E-state index contributed by atoms with van der Waals surface area (Å²) in [5, 5.41) is 3.81. The Hall–Kier alpha value is -3.07. The van der Waals surface area contributed by atoms with E-state index >= 15 is 0 Å². The molecule has 1 unspecified atom stereocenters. The topological polar surface area (TPSA) is 103 Å². The molecule has 9 heteroatoms. The van der Waals surface area contributed by atoms with E-state index in [9.17, 15) is 9.59 Å². The van der Waals surface area contributed by atoms with Gasteiger partial charge in [-0.25, -0.2) is 4.98 Å². The van der Waals surface area contributed by atoms with E-state index in [-0.39, 0.29) is 24.6 Å². The summed E-state index contributed by atoms with van der Waals surface area (Å²) < 4.78 is 11.6. The number of para-hydroxylation sites is 2. The first kappa shape index (κ1) is 15.5. The van der Waals surface area contributed by atoms with E-state index in [2.05, 4.69) is 15.1 Å². The standard InChI is InChI=1S/C16H15N5O4/c22-14-7-17-11-3-1-2-4-12(11)21(14)8-15(23)20-5-6-24-9-13(20)16-18-10-25-19-16/h1-4,7,10,13H,5-6,8-9H2. The summed E-state index contributed by atoms with van der Waals surface area (Å²) in [6, 6.07) is 6.78. The lowest BCUT2D eigenvalue weighted by Crippen LogP contribution is -2.46. The van der Waals surface area contributed by atoms with Crippen LogP contribution >= 0.6 is 0 Å². The van der Waals surface area contributed by atoms with Gasteiger partial charge < -0.3 is 14.2 Å². The lowest BCUT2D eigenvalue weighted by atomic mass is 10.2. The number of carbonyl (C=O) groups excluding carboxylic acids is 1. The summed E-state index contributed by atoms with van der Waals surface area (Å²) in [6.45, 7) is 1.02. The van der Waals surface area contributed by atoms with E-state index in [1.807, 2.05) is 6.07 Å². The summed E-state index contributed by atoms with van der Waals surface area (Å²) in [5.41, 5.74) is 0.954. The highest BCUT2D eigenvalue weighted by molar-refractivity contribution is 5.80. The van der Waals surface area contributed by atoms with Crippen molar-refractivity contribution >= 4 is 16.9 Å². The number of carbonyl (C=O) groups is 1. The third-order valence-electron chi connectivity index (χ3n) is 4.17. The van der Waals surface area contributed by atoms with Crippen molar-refractivity contribution < 1.29 is 14.1 Å². The molecule has 1 fully saturated rings. The zero-order valence-corrected chi connectivity index (χ0v) is 13.2. The van der Waals surface area contributed by atoms with Crippen molar-refractivity contribution in [3.8, 4) is 0 Å². The van der Waals surface area contributed by atoms with E-state index in [4.69, 9.17) is 9.26 Å². The number of fused-ring (bicyclic) bond motifs is 1. The average molecular weight is 341 g/mol. The zero-order chi connectivity index (χ0) is 17.2. The molecule has 0 aliphatic carbocycles. The monoisotopic (exact) mass is 341 g/mol. The van der Waals surface area contributed by atoms with Crippen LogP contribution in [0.4, 0.5) is 0 Å². The molecule has 3 heterocycles. The highest BCUT2D eigenvalue weighted by atomic mass is 16.5. The van der Waals surface area contributed by atoms with Crippen molar-refractivity contribution in [2.24, 2.45) is 0 Å². The molecule has 0 spiro atoms. The van der Waals surface area contributed by atoms with Crippen LogP contribution in [-0.4, -0.2) is 50.3 Å². The van der Waals surface area contributed by atoms with Crippen molar-refractivity contribution in [1.82, 2.24) is 24.6 Å². The molecule has 9 nitrogen and oxygen atoms in total. The van der Waals surface area contributed by atoms with E-state index in [0.29, 0.717) is 30.0 Å². The Bertz CT molecular complexity index is 953. The van der Waals surface area contributed by atoms with Gasteiger partial charge in [0.25, 0.3) is 5.56 Å². The van der Waals surface area contributed by atoms with Crippen LogP contribution < -0.4 is 5.56 Å². The minimum Gasteiger partial charge on any atom is -0.377 e. The summed E-state index contributed by atoms with van der Waals surface area (Å²) in [4.78, 5) is 34.8. The average Bonchev–Trinajstić information content (AvgIpc) is 3.18. The fraction of sp³-hybridized carbons (Fsp3) is 0.312. The van der Waals surface area contributed by atoms with Gasteiger partial charge in [-0.05, 0) is 12.1 Å². The number of amides is 1. The second-order valence-corrected chi connectivity index (χ2v) is 5.64.